The van der Waals surface area contributed by atoms with E-state index in [9.17, 15) is 14.9 Å². The minimum atomic E-state index is -0.504. The van der Waals surface area contributed by atoms with E-state index in [2.05, 4.69) is 4.90 Å². The lowest BCUT2D eigenvalue weighted by Gasteiger charge is -2.34. The second-order valence-corrected chi connectivity index (χ2v) is 5.48. The molecule has 7 heteroatoms. The van der Waals surface area contributed by atoms with Crippen LogP contribution in [0.15, 0.2) is 18.2 Å². The first-order valence-electron chi connectivity index (χ1n) is 6.85. The van der Waals surface area contributed by atoms with Crippen LogP contribution in [0.4, 0.5) is 5.69 Å². The summed E-state index contributed by atoms with van der Waals surface area (Å²) in [6, 6.07) is 4.63. The molecule has 0 N–H and O–H groups in total. The van der Waals surface area contributed by atoms with Crippen molar-refractivity contribution in [3.8, 4) is 0 Å². The second-order valence-electron chi connectivity index (χ2n) is 5.10. The second kappa shape index (κ2) is 6.87. The van der Waals surface area contributed by atoms with Gasteiger partial charge in [-0.3, -0.25) is 19.8 Å². The fourth-order valence-corrected chi connectivity index (χ4v) is 2.68. The number of carbonyl (C=O) groups excluding carboxylic acids is 1. The highest BCUT2D eigenvalue weighted by molar-refractivity contribution is 6.18. The van der Waals surface area contributed by atoms with E-state index in [4.69, 9.17) is 11.6 Å². The predicted octanol–water partition coefficient (Wildman–Crippen LogP) is 1.90. The zero-order valence-corrected chi connectivity index (χ0v) is 12.7. The predicted molar refractivity (Wildman–Crippen MR) is 80.9 cm³/mol. The number of benzene rings is 1. The first-order chi connectivity index (χ1) is 10.0. The van der Waals surface area contributed by atoms with Crippen LogP contribution in [0, 0.1) is 17.0 Å². The molecule has 0 unspecified atom stereocenters. The van der Waals surface area contributed by atoms with Crippen molar-refractivity contribution in [2.24, 2.45) is 0 Å². The van der Waals surface area contributed by atoms with Gasteiger partial charge in [-0.05, 0) is 18.6 Å². The zero-order chi connectivity index (χ0) is 15.4. The molecule has 0 saturated carbocycles. The Bertz CT molecular complexity index is 542. The third kappa shape index (κ3) is 3.71. The molecule has 0 atom stereocenters. The summed E-state index contributed by atoms with van der Waals surface area (Å²) < 4.78 is 0. The molecule has 1 heterocycles. The number of halogens is 1. The van der Waals surface area contributed by atoms with Gasteiger partial charge in [-0.25, -0.2) is 0 Å². The summed E-state index contributed by atoms with van der Waals surface area (Å²) in [5, 5.41) is 11.1. The molecule has 1 aliphatic rings. The molecule has 0 aromatic heterocycles. The Hall–Kier alpha value is -1.66. The van der Waals surface area contributed by atoms with Gasteiger partial charge in [0, 0.05) is 44.7 Å². The fraction of sp³-hybridized carbons (Fsp3) is 0.500. The Morgan fingerprint density at radius 1 is 1.33 bits per heavy atom. The van der Waals surface area contributed by atoms with Crippen LogP contribution in [0.5, 0.6) is 0 Å². The lowest BCUT2D eigenvalue weighted by molar-refractivity contribution is -0.385. The van der Waals surface area contributed by atoms with E-state index in [0.29, 0.717) is 19.0 Å². The van der Waals surface area contributed by atoms with Crippen molar-refractivity contribution in [3.63, 3.8) is 0 Å². The van der Waals surface area contributed by atoms with Crippen molar-refractivity contribution in [1.29, 1.82) is 0 Å². The quantitative estimate of drug-likeness (QED) is 0.484. The monoisotopic (exact) mass is 311 g/mol. The maximum Gasteiger partial charge on any atom is 0.282 e. The topological polar surface area (TPSA) is 66.7 Å². The SMILES string of the molecule is Cc1ccc([N+](=O)[O-])c(C(=O)N2CCN(CCCl)CC2)c1. The van der Waals surface area contributed by atoms with Crippen molar-refractivity contribution in [2.45, 2.75) is 6.92 Å². The van der Waals surface area contributed by atoms with Crippen LogP contribution in [-0.4, -0.2) is 59.2 Å². The Labute approximate surface area is 128 Å². The molecule has 0 aliphatic carbocycles. The number of aryl methyl sites for hydroxylation is 1. The van der Waals surface area contributed by atoms with Gasteiger partial charge < -0.3 is 4.90 Å². The summed E-state index contributed by atoms with van der Waals surface area (Å²) in [6.45, 7) is 5.25. The Kier molecular flexibility index (Phi) is 5.14. The van der Waals surface area contributed by atoms with E-state index >= 15 is 0 Å². The number of nitrogens with zero attached hydrogens (tertiary/aromatic N) is 3. The van der Waals surface area contributed by atoms with E-state index in [-0.39, 0.29) is 17.2 Å². The molecule has 1 saturated heterocycles. The highest BCUT2D eigenvalue weighted by Gasteiger charge is 2.27. The van der Waals surface area contributed by atoms with Crippen molar-refractivity contribution < 1.29 is 9.72 Å². The number of nitro benzene ring substituents is 1. The third-order valence-corrected chi connectivity index (χ3v) is 3.81. The molecular weight excluding hydrogens is 294 g/mol. The summed E-state index contributed by atoms with van der Waals surface area (Å²) in [6.07, 6.45) is 0. The summed E-state index contributed by atoms with van der Waals surface area (Å²) >= 11 is 5.71. The van der Waals surface area contributed by atoms with E-state index in [0.717, 1.165) is 25.2 Å². The van der Waals surface area contributed by atoms with Gasteiger partial charge in [-0.15, -0.1) is 11.6 Å². The van der Waals surface area contributed by atoms with Crippen LogP contribution in [-0.2, 0) is 0 Å². The largest absolute Gasteiger partial charge is 0.336 e. The molecule has 6 nitrogen and oxygen atoms in total. The van der Waals surface area contributed by atoms with Crippen LogP contribution in [0.2, 0.25) is 0 Å². The molecule has 0 bridgehead atoms. The number of nitro groups is 1. The maximum absolute atomic E-state index is 12.5. The van der Waals surface area contributed by atoms with E-state index < -0.39 is 4.92 Å². The molecule has 1 amide bonds. The molecule has 21 heavy (non-hydrogen) atoms. The van der Waals surface area contributed by atoms with Crippen LogP contribution < -0.4 is 0 Å². The molecule has 2 rings (SSSR count). The number of hydrogen-bond donors (Lipinski definition) is 0. The normalized spacial score (nSPS) is 16.0. The molecule has 1 fully saturated rings. The molecular formula is C14H18ClN3O3. The van der Waals surface area contributed by atoms with Crippen LogP contribution >= 0.6 is 11.6 Å². The number of alkyl halides is 1. The Morgan fingerprint density at radius 3 is 2.57 bits per heavy atom. The van der Waals surface area contributed by atoms with Crippen molar-refractivity contribution in [2.75, 3.05) is 38.6 Å². The van der Waals surface area contributed by atoms with Crippen molar-refractivity contribution in [1.82, 2.24) is 9.80 Å². The lowest BCUT2D eigenvalue weighted by atomic mass is 10.1. The highest BCUT2D eigenvalue weighted by Crippen LogP contribution is 2.22. The van der Waals surface area contributed by atoms with Crippen LogP contribution in [0.1, 0.15) is 15.9 Å². The average Bonchev–Trinajstić information content (AvgIpc) is 2.47. The van der Waals surface area contributed by atoms with Gasteiger partial charge in [0.1, 0.15) is 5.56 Å². The summed E-state index contributed by atoms with van der Waals surface area (Å²) in [5.41, 5.74) is 0.879. The molecule has 0 radical (unpaired) electrons. The van der Waals surface area contributed by atoms with Gasteiger partial charge in [0.2, 0.25) is 0 Å². The summed E-state index contributed by atoms with van der Waals surface area (Å²) in [5.74, 6) is 0.299. The molecule has 114 valence electrons. The molecule has 1 aromatic carbocycles. The van der Waals surface area contributed by atoms with Gasteiger partial charge >= 0.3 is 0 Å². The number of piperazine rings is 1. The van der Waals surface area contributed by atoms with Gasteiger partial charge in [-0.1, -0.05) is 6.07 Å². The minimum Gasteiger partial charge on any atom is -0.336 e. The summed E-state index contributed by atoms with van der Waals surface area (Å²) in [4.78, 5) is 26.9. The smallest absolute Gasteiger partial charge is 0.282 e. The third-order valence-electron chi connectivity index (χ3n) is 3.64. The highest BCUT2D eigenvalue weighted by atomic mass is 35.5. The summed E-state index contributed by atoms with van der Waals surface area (Å²) in [7, 11) is 0. The minimum absolute atomic E-state index is 0.131. The van der Waals surface area contributed by atoms with Crippen molar-refractivity contribution in [3.05, 3.63) is 39.4 Å². The molecule has 1 aromatic rings. The molecule has 0 spiro atoms. The number of carbonyl (C=O) groups is 1. The molecule has 1 aliphatic heterocycles. The average molecular weight is 312 g/mol. The van der Waals surface area contributed by atoms with Gasteiger partial charge in [-0.2, -0.15) is 0 Å². The lowest BCUT2D eigenvalue weighted by Crippen LogP contribution is -2.49. The van der Waals surface area contributed by atoms with E-state index in [1.807, 2.05) is 6.92 Å². The maximum atomic E-state index is 12.5. The zero-order valence-electron chi connectivity index (χ0n) is 11.9. The first kappa shape index (κ1) is 15.7. The number of hydrogen-bond acceptors (Lipinski definition) is 4. The fourth-order valence-electron chi connectivity index (χ4n) is 2.44. The number of rotatable bonds is 4. The van der Waals surface area contributed by atoms with Crippen molar-refractivity contribution >= 4 is 23.2 Å². The van der Waals surface area contributed by atoms with Gasteiger partial charge in [0.15, 0.2) is 0 Å². The first-order valence-corrected chi connectivity index (χ1v) is 7.39. The van der Waals surface area contributed by atoms with Gasteiger partial charge in [0.25, 0.3) is 11.6 Å². The van der Waals surface area contributed by atoms with E-state index in [1.165, 1.54) is 6.07 Å². The standard InChI is InChI=1S/C14H18ClN3O3/c1-11-2-3-13(18(20)21)12(10-11)14(19)17-8-6-16(5-4-15)7-9-17/h2-3,10H,4-9H2,1H3. The Morgan fingerprint density at radius 2 is 2.00 bits per heavy atom. The van der Waals surface area contributed by atoms with Gasteiger partial charge in [0.05, 0.1) is 4.92 Å². The van der Waals surface area contributed by atoms with E-state index in [1.54, 1.807) is 17.0 Å². The number of amides is 1. The van der Waals surface area contributed by atoms with Crippen LogP contribution in [0.25, 0.3) is 0 Å². The van der Waals surface area contributed by atoms with Crippen LogP contribution in [0.3, 0.4) is 0 Å². The Balaban J connectivity index is 2.14.